The van der Waals surface area contributed by atoms with E-state index in [1.807, 2.05) is 11.8 Å². The Labute approximate surface area is 68.8 Å². The van der Waals surface area contributed by atoms with Crippen LogP contribution in [0.25, 0.3) is 0 Å². The van der Waals surface area contributed by atoms with Crippen molar-refractivity contribution in [3.8, 4) is 0 Å². The van der Waals surface area contributed by atoms with Crippen LogP contribution in [-0.2, 0) is 0 Å². The first-order valence-electron chi connectivity index (χ1n) is 4.10. The summed E-state index contributed by atoms with van der Waals surface area (Å²) in [5.41, 5.74) is 5.59. The van der Waals surface area contributed by atoms with Crippen molar-refractivity contribution in [3.63, 3.8) is 0 Å². The Balaban J connectivity index is 2.77. The van der Waals surface area contributed by atoms with Gasteiger partial charge in [0, 0.05) is 6.04 Å². The Kier molecular flexibility index (Phi) is 7.65. The molecule has 0 aromatic heterocycles. The van der Waals surface area contributed by atoms with Crippen LogP contribution in [-0.4, -0.2) is 17.5 Å². The van der Waals surface area contributed by atoms with Crippen LogP contribution in [0.5, 0.6) is 0 Å². The molecule has 0 radical (unpaired) electrons. The molecule has 2 N–H and O–H groups in total. The molecular weight excluding hydrogens is 142 g/mol. The van der Waals surface area contributed by atoms with Gasteiger partial charge in [0.05, 0.1) is 0 Å². The zero-order valence-corrected chi connectivity index (χ0v) is 7.91. The van der Waals surface area contributed by atoms with Crippen LogP contribution in [0.2, 0.25) is 0 Å². The number of hydrogen-bond donors (Lipinski definition) is 1. The highest BCUT2D eigenvalue weighted by Crippen LogP contribution is 2.06. The van der Waals surface area contributed by atoms with Crippen molar-refractivity contribution in [1.29, 1.82) is 0 Å². The summed E-state index contributed by atoms with van der Waals surface area (Å²) < 4.78 is 0. The molecule has 10 heavy (non-hydrogen) atoms. The lowest BCUT2D eigenvalue weighted by Crippen LogP contribution is -2.15. The maximum Gasteiger partial charge on any atom is 0.00183 e. The molecule has 0 saturated carbocycles. The molecule has 62 valence electrons. The summed E-state index contributed by atoms with van der Waals surface area (Å²) in [4.78, 5) is 0. The van der Waals surface area contributed by atoms with E-state index in [9.17, 15) is 0 Å². The second-order valence-electron chi connectivity index (χ2n) is 2.73. The first-order chi connectivity index (χ1) is 4.77. The first-order valence-corrected chi connectivity index (χ1v) is 5.26. The highest BCUT2D eigenvalue weighted by Gasteiger charge is 1.92. The predicted octanol–water partition coefficient (Wildman–Crippen LogP) is 2.26. The van der Waals surface area contributed by atoms with Gasteiger partial charge in [0.25, 0.3) is 0 Å². The number of hydrogen-bond acceptors (Lipinski definition) is 2. The molecule has 0 aliphatic heterocycles. The monoisotopic (exact) mass is 161 g/mol. The molecule has 0 saturated heterocycles. The fourth-order valence-corrected chi connectivity index (χ4v) is 1.85. The maximum absolute atomic E-state index is 5.59. The van der Waals surface area contributed by atoms with Gasteiger partial charge in [0.15, 0.2) is 0 Å². The molecule has 0 amide bonds. The summed E-state index contributed by atoms with van der Waals surface area (Å²) >= 11 is 2.03. The third kappa shape index (κ3) is 8.31. The molecule has 2 heteroatoms. The third-order valence-corrected chi connectivity index (χ3v) is 2.46. The molecule has 0 fully saturated rings. The molecule has 0 rings (SSSR count). The first kappa shape index (κ1) is 10.3. The molecule has 0 aromatic carbocycles. The van der Waals surface area contributed by atoms with Crippen molar-refractivity contribution in [1.82, 2.24) is 0 Å². The molecule has 1 unspecified atom stereocenters. The van der Waals surface area contributed by atoms with Crippen LogP contribution in [0.3, 0.4) is 0 Å². The van der Waals surface area contributed by atoms with Gasteiger partial charge in [-0.25, -0.2) is 0 Å². The lowest BCUT2D eigenvalue weighted by atomic mass is 10.3. The molecule has 0 aliphatic rings. The van der Waals surface area contributed by atoms with Crippen LogP contribution in [0.1, 0.15) is 33.1 Å². The van der Waals surface area contributed by atoms with Crippen molar-refractivity contribution in [2.24, 2.45) is 5.73 Å². The Hall–Kier alpha value is 0.310. The van der Waals surface area contributed by atoms with Gasteiger partial charge in [0.1, 0.15) is 0 Å². The lowest BCUT2D eigenvalue weighted by Gasteiger charge is -2.03. The van der Waals surface area contributed by atoms with E-state index in [1.165, 1.54) is 24.3 Å². The minimum atomic E-state index is 0.383. The Morgan fingerprint density at radius 3 is 2.60 bits per heavy atom. The van der Waals surface area contributed by atoms with Gasteiger partial charge >= 0.3 is 0 Å². The van der Waals surface area contributed by atoms with Crippen molar-refractivity contribution in [3.05, 3.63) is 0 Å². The average molecular weight is 161 g/mol. The number of rotatable bonds is 6. The number of thioether (sulfide) groups is 1. The quantitative estimate of drug-likeness (QED) is 0.605. The van der Waals surface area contributed by atoms with E-state index in [1.54, 1.807) is 0 Å². The summed E-state index contributed by atoms with van der Waals surface area (Å²) in [6.45, 7) is 4.30. The fraction of sp³-hybridized carbons (Fsp3) is 1.00. The summed E-state index contributed by atoms with van der Waals surface area (Å²) in [5.74, 6) is 2.54. The zero-order chi connectivity index (χ0) is 7.82. The Morgan fingerprint density at radius 2 is 2.10 bits per heavy atom. The van der Waals surface area contributed by atoms with Crippen LogP contribution in [0.15, 0.2) is 0 Å². The molecular formula is C8H19NS. The van der Waals surface area contributed by atoms with E-state index < -0.39 is 0 Å². The van der Waals surface area contributed by atoms with Gasteiger partial charge in [0.2, 0.25) is 0 Å². The Bertz CT molecular complexity index is 64.3. The maximum atomic E-state index is 5.59. The molecule has 0 heterocycles. The number of nitrogens with two attached hydrogens (primary N) is 1. The van der Waals surface area contributed by atoms with E-state index in [4.69, 9.17) is 5.73 Å². The predicted molar refractivity (Wildman–Crippen MR) is 50.5 cm³/mol. The highest BCUT2D eigenvalue weighted by atomic mass is 32.2. The summed E-state index contributed by atoms with van der Waals surface area (Å²) in [6.07, 6.45) is 3.82. The summed E-state index contributed by atoms with van der Waals surface area (Å²) in [5, 5.41) is 0. The van der Waals surface area contributed by atoms with E-state index in [0.717, 1.165) is 6.42 Å². The standard InChI is InChI=1S/C8H19NS/c1-3-4-6-10-7-5-8(2)9/h8H,3-7,9H2,1-2H3. The fourth-order valence-electron chi connectivity index (χ4n) is 0.618. The van der Waals surface area contributed by atoms with E-state index in [-0.39, 0.29) is 0 Å². The Morgan fingerprint density at radius 1 is 1.40 bits per heavy atom. The summed E-state index contributed by atoms with van der Waals surface area (Å²) in [6, 6.07) is 0.383. The van der Waals surface area contributed by atoms with Crippen molar-refractivity contribution in [2.75, 3.05) is 11.5 Å². The van der Waals surface area contributed by atoms with Crippen LogP contribution in [0.4, 0.5) is 0 Å². The second-order valence-corrected chi connectivity index (χ2v) is 3.96. The van der Waals surface area contributed by atoms with Gasteiger partial charge in [-0.2, -0.15) is 11.8 Å². The SMILES string of the molecule is CCCCSCCC(C)N. The van der Waals surface area contributed by atoms with Crippen LogP contribution >= 0.6 is 11.8 Å². The number of unbranched alkanes of at least 4 members (excludes halogenated alkanes) is 1. The normalized spacial score (nSPS) is 13.5. The summed E-state index contributed by atoms with van der Waals surface area (Å²) in [7, 11) is 0. The molecule has 1 nitrogen and oxygen atoms in total. The van der Waals surface area contributed by atoms with Gasteiger partial charge in [-0.1, -0.05) is 13.3 Å². The topological polar surface area (TPSA) is 26.0 Å². The van der Waals surface area contributed by atoms with Gasteiger partial charge in [-0.15, -0.1) is 0 Å². The van der Waals surface area contributed by atoms with Gasteiger partial charge in [-0.3, -0.25) is 0 Å². The molecule has 0 aromatic rings. The molecule has 1 atom stereocenters. The minimum absolute atomic E-state index is 0.383. The smallest absolute Gasteiger partial charge is 0.00183 e. The molecule has 0 spiro atoms. The van der Waals surface area contributed by atoms with E-state index in [0.29, 0.717) is 6.04 Å². The van der Waals surface area contributed by atoms with Gasteiger partial charge < -0.3 is 5.73 Å². The van der Waals surface area contributed by atoms with E-state index in [2.05, 4.69) is 13.8 Å². The van der Waals surface area contributed by atoms with Crippen molar-refractivity contribution in [2.45, 2.75) is 39.2 Å². The zero-order valence-electron chi connectivity index (χ0n) is 7.10. The van der Waals surface area contributed by atoms with Crippen LogP contribution < -0.4 is 5.73 Å². The third-order valence-electron chi connectivity index (χ3n) is 1.36. The largest absolute Gasteiger partial charge is 0.328 e. The molecule has 0 aliphatic carbocycles. The average Bonchev–Trinajstić information content (AvgIpc) is 1.87. The van der Waals surface area contributed by atoms with Crippen LogP contribution in [0, 0.1) is 0 Å². The lowest BCUT2D eigenvalue weighted by molar-refractivity contribution is 0.721. The molecule has 0 bridgehead atoms. The van der Waals surface area contributed by atoms with Gasteiger partial charge in [-0.05, 0) is 31.3 Å². The van der Waals surface area contributed by atoms with E-state index >= 15 is 0 Å². The highest BCUT2D eigenvalue weighted by molar-refractivity contribution is 7.99. The minimum Gasteiger partial charge on any atom is -0.328 e. The second kappa shape index (κ2) is 7.42. The van der Waals surface area contributed by atoms with Crippen molar-refractivity contribution < 1.29 is 0 Å². The van der Waals surface area contributed by atoms with Crippen molar-refractivity contribution >= 4 is 11.8 Å².